The third-order valence-corrected chi connectivity index (χ3v) is 3.22. The Hall–Kier alpha value is -1.48. The predicted molar refractivity (Wildman–Crippen MR) is 67.6 cm³/mol. The number of halogens is 1. The molecule has 1 aromatic carbocycles. The summed E-state index contributed by atoms with van der Waals surface area (Å²) in [6.45, 7) is 4.03. The van der Waals surface area contributed by atoms with Gasteiger partial charge in [0.05, 0.1) is 10.7 Å². The molecular formula is C12H14ClN3. The fourth-order valence-corrected chi connectivity index (χ4v) is 2.02. The molecule has 2 aromatic rings. The summed E-state index contributed by atoms with van der Waals surface area (Å²) < 4.78 is 0. The van der Waals surface area contributed by atoms with Gasteiger partial charge in [0.1, 0.15) is 5.82 Å². The molecule has 0 atom stereocenters. The lowest BCUT2D eigenvalue weighted by Gasteiger charge is -2.06. The predicted octanol–water partition coefficient (Wildman–Crippen LogP) is 3.18. The van der Waals surface area contributed by atoms with Crippen molar-refractivity contribution in [1.82, 2.24) is 10.2 Å². The lowest BCUT2D eigenvalue weighted by atomic mass is 10.0. The lowest BCUT2D eigenvalue weighted by molar-refractivity contribution is 1.10. The first kappa shape index (κ1) is 11.0. The van der Waals surface area contributed by atoms with E-state index in [0.717, 1.165) is 33.8 Å². The standard InChI is InChI=1S/C12H14ClN3/c1-3-8-11(15-16-12(8)14)9-6-4-5-7(2)10(9)13/h4-6H,3H2,1-2H3,(H3,14,15,16). The number of H-pyrrole nitrogens is 1. The van der Waals surface area contributed by atoms with Gasteiger partial charge < -0.3 is 5.73 Å². The van der Waals surface area contributed by atoms with Gasteiger partial charge in [-0.2, -0.15) is 5.10 Å². The van der Waals surface area contributed by atoms with E-state index >= 15 is 0 Å². The number of nitrogens with one attached hydrogen (secondary N) is 1. The van der Waals surface area contributed by atoms with Gasteiger partial charge in [0.15, 0.2) is 0 Å². The highest BCUT2D eigenvalue weighted by atomic mass is 35.5. The average molecular weight is 236 g/mol. The third-order valence-electron chi connectivity index (χ3n) is 2.71. The molecule has 1 aromatic heterocycles. The van der Waals surface area contributed by atoms with Crippen molar-refractivity contribution in [2.75, 3.05) is 5.73 Å². The van der Waals surface area contributed by atoms with Gasteiger partial charge in [0.2, 0.25) is 0 Å². The highest BCUT2D eigenvalue weighted by molar-refractivity contribution is 6.34. The number of nitrogens with two attached hydrogens (primary N) is 1. The number of hydrogen-bond donors (Lipinski definition) is 2. The van der Waals surface area contributed by atoms with Gasteiger partial charge >= 0.3 is 0 Å². The van der Waals surface area contributed by atoms with Crippen molar-refractivity contribution in [2.45, 2.75) is 20.3 Å². The van der Waals surface area contributed by atoms with Gasteiger partial charge in [-0.3, -0.25) is 5.10 Å². The number of rotatable bonds is 2. The van der Waals surface area contributed by atoms with Gasteiger partial charge in [0.25, 0.3) is 0 Å². The molecule has 0 aliphatic carbocycles. The van der Waals surface area contributed by atoms with Crippen molar-refractivity contribution in [2.24, 2.45) is 0 Å². The van der Waals surface area contributed by atoms with Crippen LogP contribution >= 0.6 is 11.6 Å². The molecule has 0 fully saturated rings. The molecule has 0 aliphatic rings. The Balaban J connectivity index is 2.63. The maximum atomic E-state index is 6.28. The topological polar surface area (TPSA) is 54.7 Å². The van der Waals surface area contributed by atoms with Crippen LogP contribution in [-0.4, -0.2) is 10.2 Å². The molecule has 84 valence electrons. The second-order valence-corrected chi connectivity index (χ2v) is 4.13. The lowest BCUT2D eigenvalue weighted by Crippen LogP contribution is -1.91. The van der Waals surface area contributed by atoms with E-state index in [0.29, 0.717) is 5.82 Å². The van der Waals surface area contributed by atoms with Crippen LogP contribution in [0.5, 0.6) is 0 Å². The summed E-state index contributed by atoms with van der Waals surface area (Å²) >= 11 is 6.28. The van der Waals surface area contributed by atoms with Gasteiger partial charge in [-0.25, -0.2) is 0 Å². The highest BCUT2D eigenvalue weighted by Gasteiger charge is 2.14. The summed E-state index contributed by atoms with van der Waals surface area (Å²) in [6.07, 6.45) is 0.835. The van der Waals surface area contributed by atoms with Crippen LogP contribution in [0, 0.1) is 6.92 Å². The number of aromatic amines is 1. The van der Waals surface area contributed by atoms with E-state index in [1.807, 2.05) is 25.1 Å². The molecule has 0 aliphatic heterocycles. The molecule has 0 radical (unpaired) electrons. The van der Waals surface area contributed by atoms with Crippen molar-refractivity contribution in [3.63, 3.8) is 0 Å². The number of aryl methyl sites for hydroxylation is 1. The van der Waals surface area contributed by atoms with Crippen LogP contribution < -0.4 is 5.73 Å². The zero-order valence-electron chi connectivity index (χ0n) is 9.34. The zero-order chi connectivity index (χ0) is 11.7. The Morgan fingerprint density at radius 1 is 1.44 bits per heavy atom. The first-order valence-corrected chi connectivity index (χ1v) is 5.61. The molecule has 0 amide bonds. The summed E-state index contributed by atoms with van der Waals surface area (Å²) in [5.74, 6) is 0.551. The van der Waals surface area contributed by atoms with Crippen LogP contribution in [0.4, 0.5) is 5.82 Å². The van der Waals surface area contributed by atoms with Crippen molar-refractivity contribution in [3.05, 3.63) is 34.3 Å². The molecule has 1 heterocycles. The summed E-state index contributed by atoms with van der Waals surface area (Å²) in [7, 11) is 0. The molecule has 0 bridgehead atoms. The Bertz CT molecular complexity index is 517. The van der Waals surface area contributed by atoms with Crippen LogP contribution in [0.2, 0.25) is 5.02 Å². The maximum absolute atomic E-state index is 6.28. The largest absolute Gasteiger partial charge is 0.382 e. The molecule has 0 unspecified atom stereocenters. The van der Waals surface area contributed by atoms with Crippen molar-refractivity contribution < 1.29 is 0 Å². The van der Waals surface area contributed by atoms with Crippen LogP contribution in [0.15, 0.2) is 18.2 Å². The highest BCUT2D eigenvalue weighted by Crippen LogP contribution is 2.33. The van der Waals surface area contributed by atoms with Crippen molar-refractivity contribution >= 4 is 17.4 Å². The van der Waals surface area contributed by atoms with Gasteiger partial charge in [0, 0.05) is 11.1 Å². The number of aromatic nitrogens is 2. The van der Waals surface area contributed by atoms with Crippen LogP contribution in [0.1, 0.15) is 18.1 Å². The number of benzene rings is 1. The van der Waals surface area contributed by atoms with Crippen molar-refractivity contribution in [1.29, 1.82) is 0 Å². The Morgan fingerprint density at radius 3 is 2.88 bits per heavy atom. The third kappa shape index (κ3) is 1.67. The van der Waals surface area contributed by atoms with Crippen LogP contribution in [0.3, 0.4) is 0 Å². The zero-order valence-corrected chi connectivity index (χ0v) is 10.1. The number of nitrogen functional groups attached to an aromatic ring is 1. The maximum Gasteiger partial charge on any atom is 0.149 e. The summed E-state index contributed by atoms with van der Waals surface area (Å²) in [6, 6.07) is 5.94. The van der Waals surface area contributed by atoms with E-state index in [1.165, 1.54) is 0 Å². The normalized spacial score (nSPS) is 10.7. The number of nitrogens with zero attached hydrogens (tertiary/aromatic N) is 1. The molecule has 3 nitrogen and oxygen atoms in total. The first-order valence-electron chi connectivity index (χ1n) is 5.23. The SMILES string of the molecule is CCc1c(N)n[nH]c1-c1cccc(C)c1Cl. The second kappa shape index (κ2) is 4.18. The summed E-state index contributed by atoms with van der Waals surface area (Å²) in [5.41, 5.74) is 9.75. The van der Waals surface area contributed by atoms with Crippen molar-refractivity contribution in [3.8, 4) is 11.3 Å². The quantitative estimate of drug-likeness (QED) is 0.840. The average Bonchev–Trinajstić information content (AvgIpc) is 2.63. The van der Waals surface area contributed by atoms with E-state index in [-0.39, 0.29) is 0 Å². The number of hydrogen-bond acceptors (Lipinski definition) is 2. The molecule has 0 spiro atoms. The minimum Gasteiger partial charge on any atom is -0.382 e. The molecule has 0 saturated heterocycles. The molecule has 2 rings (SSSR count). The van der Waals surface area contributed by atoms with E-state index in [2.05, 4.69) is 17.1 Å². The number of anilines is 1. The molecular weight excluding hydrogens is 222 g/mol. The monoisotopic (exact) mass is 235 g/mol. The molecule has 16 heavy (non-hydrogen) atoms. The summed E-state index contributed by atoms with van der Waals surface area (Å²) in [4.78, 5) is 0. The van der Waals surface area contributed by atoms with E-state index < -0.39 is 0 Å². The fourth-order valence-electron chi connectivity index (χ4n) is 1.80. The van der Waals surface area contributed by atoms with Crippen LogP contribution in [0.25, 0.3) is 11.3 Å². The second-order valence-electron chi connectivity index (χ2n) is 3.75. The van der Waals surface area contributed by atoms with Gasteiger partial charge in [-0.05, 0) is 18.9 Å². The Kier molecular flexibility index (Phi) is 2.88. The molecule has 4 heteroatoms. The van der Waals surface area contributed by atoms with E-state index in [4.69, 9.17) is 17.3 Å². The first-order chi connectivity index (χ1) is 7.65. The van der Waals surface area contributed by atoms with Crippen LogP contribution in [-0.2, 0) is 6.42 Å². The minimum absolute atomic E-state index is 0.551. The molecule has 3 N–H and O–H groups in total. The van der Waals surface area contributed by atoms with E-state index in [9.17, 15) is 0 Å². The Morgan fingerprint density at radius 2 is 2.19 bits per heavy atom. The summed E-state index contributed by atoms with van der Waals surface area (Å²) in [5, 5.41) is 7.73. The van der Waals surface area contributed by atoms with Gasteiger partial charge in [-0.1, -0.05) is 36.7 Å². The smallest absolute Gasteiger partial charge is 0.149 e. The Labute approximate surface area is 99.6 Å². The minimum atomic E-state index is 0.551. The molecule has 0 saturated carbocycles. The fraction of sp³-hybridized carbons (Fsp3) is 0.250. The van der Waals surface area contributed by atoms with Gasteiger partial charge in [-0.15, -0.1) is 0 Å². The van der Waals surface area contributed by atoms with E-state index in [1.54, 1.807) is 0 Å².